The number of carbonyl (C=O) groups excluding carboxylic acids is 5. The monoisotopic (exact) mass is 464 g/mol. The summed E-state index contributed by atoms with van der Waals surface area (Å²) in [4.78, 5) is 66.1. The van der Waals surface area contributed by atoms with Crippen LogP contribution in [0.2, 0.25) is 5.02 Å². The highest BCUT2D eigenvalue weighted by Gasteiger charge is 2.70. The maximum absolute atomic E-state index is 13.5. The molecule has 0 heterocycles. The first-order valence-electron chi connectivity index (χ1n) is 9.89. The SMILES string of the molecule is CN(C)[C@@H]1C(=O)[C@@H](C(N)=O)C(=O)[C@@]2(O)C(=O)[C@H]3C(=O)c4c(O)ccc(Cl)c4[C@@H](O)[C@H]3C[C@@H]12. The van der Waals surface area contributed by atoms with Crippen LogP contribution >= 0.6 is 11.6 Å². The van der Waals surface area contributed by atoms with E-state index in [0.717, 1.165) is 6.07 Å². The van der Waals surface area contributed by atoms with Crippen LogP contribution in [0.4, 0.5) is 0 Å². The molecule has 170 valence electrons. The van der Waals surface area contributed by atoms with Crippen molar-refractivity contribution in [2.24, 2.45) is 29.4 Å². The van der Waals surface area contributed by atoms with Crippen LogP contribution in [0, 0.1) is 23.7 Å². The molecular formula is C21H21ClN2O8. The summed E-state index contributed by atoms with van der Waals surface area (Å²) in [5, 5.41) is 32.6. The predicted molar refractivity (Wildman–Crippen MR) is 108 cm³/mol. The minimum atomic E-state index is -2.84. The summed E-state index contributed by atoms with van der Waals surface area (Å²) >= 11 is 6.16. The standard InChI is InChI=1S/C21H21ClN2O8/c1-24(2)14-7-5-6-10(16(27)12-9(25)4-3-8(22)11(12)15(6)26)18(29)21(7,32)19(30)13(17(14)28)20(23)31/h3-4,6-7,10,13-15,25-26,32H,5H2,1-2H3,(H2,23,31)/t6-,7-,10+,13+,14-,15-,21-/m0/s1. The Morgan fingerprint density at radius 3 is 2.38 bits per heavy atom. The fourth-order valence-corrected chi connectivity index (χ4v) is 5.87. The molecule has 2 saturated carbocycles. The Labute approximate surface area is 186 Å². The first-order valence-corrected chi connectivity index (χ1v) is 10.3. The third-order valence-electron chi connectivity index (χ3n) is 6.99. The molecule has 0 aromatic heterocycles. The summed E-state index contributed by atoms with van der Waals surface area (Å²) in [6, 6.07) is 1.18. The molecule has 5 N–H and O–H groups in total. The number of benzene rings is 1. The van der Waals surface area contributed by atoms with E-state index in [9.17, 15) is 39.3 Å². The molecule has 0 aliphatic heterocycles. The first kappa shape index (κ1) is 22.5. The molecule has 1 aromatic rings. The number of aliphatic hydroxyl groups is 2. The number of nitrogens with two attached hydrogens (primary N) is 1. The van der Waals surface area contributed by atoms with Crippen molar-refractivity contribution in [3.05, 3.63) is 28.3 Å². The lowest BCUT2D eigenvalue weighted by atomic mass is 9.52. The molecule has 7 atom stereocenters. The highest BCUT2D eigenvalue weighted by atomic mass is 35.5. The van der Waals surface area contributed by atoms with E-state index in [2.05, 4.69) is 0 Å². The molecule has 4 rings (SSSR count). The average Bonchev–Trinajstić information content (AvgIpc) is 2.69. The normalized spacial score (nSPS) is 36.6. The van der Waals surface area contributed by atoms with Gasteiger partial charge in [-0.2, -0.15) is 0 Å². The smallest absolute Gasteiger partial charge is 0.235 e. The van der Waals surface area contributed by atoms with Crippen molar-refractivity contribution in [2.45, 2.75) is 24.2 Å². The highest BCUT2D eigenvalue weighted by Crippen LogP contribution is 2.54. The number of ketones is 4. The third kappa shape index (κ3) is 2.67. The van der Waals surface area contributed by atoms with Gasteiger partial charge < -0.3 is 21.1 Å². The van der Waals surface area contributed by atoms with Gasteiger partial charge in [-0.3, -0.25) is 28.9 Å². The van der Waals surface area contributed by atoms with Crippen LogP contribution in [0.3, 0.4) is 0 Å². The van der Waals surface area contributed by atoms with Crippen molar-refractivity contribution in [3.63, 3.8) is 0 Å². The number of phenols is 1. The molecule has 3 aliphatic rings. The van der Waals surface area contributed by atoms with Crippen molar-refractivity contribution in [2.75, 3.05) is 14.1 Å². The zero-order valence-electron chi connectivity index (χ0n) is 17.1. The van der Waals surface area contributed by atoms with Crippen LogP contribution < -0.4 is 5.73 Å². The molecule has 1 amide bonds. The van der Waals surface area contributed by atoms with Crippen molar-refractivity contribution in [1.29, 1.82) is 0 Å². The molecule has 10 nitrogen and oxygen atoms in total. The summed E-state index contributed by atoms with van der Waals surface area (Å²) in [5.74, 6) is -12.4. The van der Waals surface area contributed by atoms with Crippen LogP contribution in [0.5, 0.6) is 5.75 Å². The number of nitrogens with zero attached hydrogens (tertiary/aromatic N) is 1. The lowest BCUT2D eigenvalue weighted by molar-refractivity contribution is -0.184. The van der Waals surface area contributed by atoms with Crippen LogP contribution in [0.25, 0.3) is 0 Å². The maximum Gasteiger partial charge on any atom is 0.235 e. The molecule has 0 spiro atoms. The van der Waals surface area contributed by atoms with E-state index >= 15 is 0 Å². The second-order valence-electron chi connectivity index (χ2n) is 8.79. The highest BCUT2D eigenvalue weighted by molar-refractivity contribution is 6.34. The van der Waals surface area contributed by atoms with E-state index in [0.29, 0.717) is 0 Å². The zero-order valence-corrected chi connectivity index (χ0v) is 17.9. The van der Waals surface area contributed by atoms with Gasteiger partial charge in [0.25, 0.3) is 0 Å². The van der Waals surface area contributed by atoms with Crippen LogP contribution in [0.15, 0.2) is 12.1 Å². The summed E-state index contributed by atoms with van der Waals surface area (Å²) in [5.41, 5.74) is 1.98. The molecule has 0 saturated heterocycles. The largest absolute Gasteiger partial charge is 0.507 e. The van der Waals surface area contributed by atoms with Crippen molar-refractivity contribution >= 4 is 40.6 Å². The van der Waals surface area contributed by atoms with Crippen molar-refractivity contribution < 1.29 is 39.3 Å². The van der Waals surface area contributed by atoms with Gasteiger partial charge in [0.15, 0.2) is 34.7 Å². The van der Waals surface area contributed by atoms with E-state index in [1.54, 1.807) is 0 Å². The number of carbonyl (C=O) groups is 5. The summed E-state index contributed by atoms with van der Waals surface area (Å²) in [6.07, 6.45) is -1.75. The Morgan fingerprint density at radius 1 is 1.19 bits per heavy atom. The number of hydrogen-bond donors (Lipinski definition) is 4. The van der Waals surface area contributed by atoms with Gasteiger partial charge in [-0.05, 0) is 32.6 Å². The number of rotatable bonds is 2. The summed E-state index contributed by atoms with van der Waals surface area (Å²) in [6.45, 7) is 0. The quantitative estimate of drug-likeness (QED) is 0.400. The van der Waals surface area contributed by atoms with Crippen LogP contribution in [-0.2, 0) is 19.2 Å². The molecule has 1 aromatic carbocycles. The molecular weight excluding hydrogens is 444 g/mol. The second kappa shape index (κ2) is 7.17. The minimum absolute atomic E-state index is 0.000803. The Hall–Kier alpha value is -2.66. The zero-order chi connectivity index (χ0) is 23.9. The van der Waals surface area contributed by atoms with Crippen LogP contribution in [0.1, 0.15) is 28.4 Å². The van der Waals surface area contributed by atoms with Gasteiger partial charge in [0.2, 0.25) is 5.91 Å². The molecule has 0 bridgehead atoms. The number of halogens is 1. The number of fused-ring (bicyclic) bond motifs is 3. The Balaban J connectivity index is 1.93. The van der Waals surface area contributed by atoms with Gasteiger partial charge in [0.05, 0.1) is 23.6 Å². The van der Waals surface area contributed by atoms with E-state index < -0.39 is 76.2 Å². The number of likely N-dealkylation sites (N-methyl/N-ethyl adjacent to an activating group) is 1. The van der Waals surface area contributed by atoms with Gasteiger partial charge in [0.1, 0.15) is 5.75 Å². The van der Waals surface area contributed by atoms with Gasteiger partial charge in [-0.1, -0.05) is 11.6 Å². The van der Waals surface area contributed by atoms with E-state index in [-0.39, 0.29) is 22.6 Å². The number of hydrogen-bond acceptors (Lipinski definition) is 9. The second-order valence-corrected chi connectivity index (χ2v) is 9.20. The molecule has 0 radical (unpaired) electrons. The van der Waals surface area contributed by atoms with Gasteiger partial charge in [0, 0.05) is 22.4 Å². The Morgan fingerprint density at radius 2 is 1.81 bits per heavy atom. The molecule has 2 fully saturated rings. The van der Waals surface area contributed by atoms with Crippen molar-refractivity contribution in [3.8, 4) is 5.75 Å². The number of amides is 1. The van der Waals surface area contributed by atoms with Crippen molar-refractivity contribution in [1.82, 2.24) is 4.90 Å². The topological polar surface area (TPSA) is 175 Å². The number of aromatic hydroxyl groups is 1. The van der Waals surface area contributed by atoms with E-state index in [1.807, 2.05) is 0 Å². The van der Waals surface area contributed by atoms with Gasteiger partial charge >= 0.3 is 0 Å². The number of aliphatic hydroxyl groups excluding tert-OH is 1. The number of phenolic OH excluding ortho intramolecular Hbond substituents is 1. The summed E-state index contributed by atoms with van der Waals surface area (Å²) < 4.78 is 0. The lowest BCUT2D eigenvalue weighted by Gasteiger charge is -2.53. The van der Waals surface area contributed by atoms with Gasteiger partial charge in [-0.25, -0.2) is 0 Å². The summed E-state index contributed by atoms with van der Waals surface area (Å²) in [7, 11) is 2.94. The maximum atomic E-state index is 13.5. The van der Waals surface area contributed by atoms with E-state index in [4.69, 9.17) is 17.3 Å². The minimum Gasteiger partial charge on any atom is -0.507 e. The predicted octanol–water partition coefficient (Wildman–Crippen LogP) is -0.989. The molecule has 3 aliphatic carbocycles. The number of Topliss-reactive ketones (excluding diaryl/α,β-unsaturated/α-hetero) is 4. The Kier molecular flexibility index (Phi) is 5.05. The lowest BCUT2D eigenvalue weighted by Crippen LogP contribution is -2.74. The van der Waals surface area contributed by atoms with Gasteiger partial charge in [-0.15, -0.1) is 0 Å². The molecule has 32 heavy (non-hydrogen) atoms. The number of primary amides is 1. The Bertz CT molecular complexity index is 1100. The first-order chi connectivity index (χ1) is 14.8. The fraction of sp³-hybridized carbons (Fsp3) is 0.476. The van der Waals surface area contributed by atoms with Crippen LogP contribution in [-0.4, -0.2) is 75.0 Å². The average molecular weight is 465 g/mol. The molecule has 11 heteroatoms. The fourth-order valence-electron chi connectivity index (χ4n) is 5.60. The molecule has 0 unspecified atom stereocenters. The third-order valence-corrected chi connectivity index (χ3v) is 7.31. The van der Waals surface area contributed by atoms with E-state index in [1.165, 1.54) is 25.1 Å².